The molecule has 0 saturated heterocycles. The third-order valence-electron chi connectivity index (χ3n) is 7.10. The fourth-order valence-electron chi connectivity index (χ4n) is 5.96. The maximum atomic E-state index is 5.09. The van der Waals surface area contributed by atoms with E-state index in [1.165, 1.54) is 38.6 Å². The number of pyridine rings is 2. The second-order valence-electron chi connectivity index (χ2n) is 8.57. The van der Waals surface area contributed by atoms with E-state index < -0.39 is 5.41 Å². The number of hydrogen-bond acceptors (Lipinski definition) is 2. The topological polar surface area (TPSA) is 25.8 Å². The molecule has 0 N–H and O–H groups in total. The standard InChI is InChI=1S/C29H19BN2/c1-2-10-20(11-3-1)30-25-16-8-18-31-27(25)29(28-26(30)17-9-19-32-28)23-14-6-4-12-21(23)22-13-5-7-15-24(22)29/h1-19H. The van der Waals surface area contributed by atoms with Crippen LogP contribution in [-0.4, -0.2) is 16.7 Å². The summed E-state index contributed by atoms with van der Waals surface area (Å²) in [6.07, 6.45) is 3.86. The summed E-state index contributed by atoms with van der Waals surface area (Å²) in [6.45, 7) is 0.106. The van der Waals surface area contributed by atoms with Gasteiger partial charge in [-0.15, -0.1) is 0 Å². The van der Waals surface area contributed by atoms with E-state index in [2.05, 4.69) is 103 Å². The zero-order chi connectivity index (χ0) is 21.1. The van der Waals surface area contributed by atoms with E-state index in [0.717, 1.165) is 11.4 Å². The van der Waals surface area contributed by atoms with Gasteiger partial charge < -0.3 is 0 Å². The van der Waals surface area contributed by atoms with Gasteiger partial charge in [0.25, 0.3) is 0 Å². The van der Waals surface area contributed by atoms with Crippen LogP contribution >= 0.6 is 0 Å². The molecule has 2 nitrogen and oxygen atoms in total. The highest BCUT2D eigenvalue weighted by Gasteiger charge is 2.54. The highest BCUT2D eigenvalue weighted by Crippen LogP contribution is 2.55. The summed E-state index contributed by atoms with van der Waals surface area (Å²) in [6, 6.07) is 36.9. The lowest BCUT2D eigenvalue weighted by atomic mass is 9.32. The van der Waals surface area contributed by atoms with Crippen molar-refractivity contribution < 1.29 is 0 Å². The Morgan fingerprint density at radius 3 is 1.56 bits per heavy atom. The Morgan fingerprint density at radius 2 is 1.00 bits per heavy atom. The molecule has 0 fully saturated rings. The molecule has 0 bridgehead atoms. The molecule has 3 heteroatoms. The fourth-order valence-corrected chi connectivity index (χ4v) is 5.96. The van der Waals surface area contributed by atoms with E-state index in [1.54, 1.807) is 0 Å². The number of fused-ring (bicyclic) bond motifs is 9. The van der Waals surface area contributed by atoms with E-state index in [1.807, 2.05) is 12.4 Å². The first kappa shape index (κ1) is 17.7. The minimum Gasteiger partial charge on any atom is -0.260 e. The molecule has 0 unspecified atom stereocenters. The lowest BCUT2D eigenvalue weighted by Crippen LogP contribution is -2.62. The lowest BCUT2D eigenvalue weighted by molar-refractivity contribution is 0.712. The van der Waals surface area contributed by atoms with E-state index in [9.17, 15) is 0 Å². The summed E-state index contributed by atoms with van der Waals surface area (Å²) in [5.41, 5.74) is 10.5. The van der Waals surface area contributed by atoms with Crippen LogP contribution in [0.15, 0.2) is 116 Å². The number of nitrogens with zero attached hydrogens (tertiary/aromatic N) is 2. The van der Waals surface area contributed by atoms with Gasteiger partial charge >= 0.3 is 0 Å². The molecule has 7 rings (SSSR count). The van der Waals surface area contributed by atoms with Crippen LogP contribution in [0.25, 0.3) is 11.1 Å². The molecule has 5 aromatic rings. The van der Waals surface area contributed by atoms with Gasteiger partial charge in [-0.3, -0.25) is 9.97 Å². The molecule has 3 heterocycles. The molecule has 1 spiro atoms. The van der Waals surface area contributed by atoms with Gasteiger partial charge in [0.15, 0.2) is 0 Å². The molecule has 0 saturated carbocycles. The van der Waals surface area contributed by atoms with Crippen LogP contribution in [0.3, 0.4) is 0 Å². The van der Waals surface area contributed by atoms with Crippen molar-refractivity contribution in [3.63, 3.8) is 0 Å². The zero-order valence-electron chi connectivity index (χ0n) is 17.4. The highest BCUT2D eigenvalue weighted by molar-refractivity contribution is 6.96. The second kappa shape index (κ2) is 6.51. The van der Waals surface area contributed by atoms with Crippen molar-refractivity contribution in [3.8, 4) is 11.1 Å². The van der Waals surface area contributed by atoms with Gasteiger partial charge in [0.1, 0.15) is 5.41 Å². The monoisotopic (exact) mass is 406 g/mol. The molecule has 0 radical (unpaired) electrons. The van der Waals surface area contributed by atoms with Crippen molar-refractivity contribution in [2.24, 2.45) is 0 Å². The van der Waals surface area contributed by atoms with Crippen LogP contribution in [0.5, 0.6) is 0 Å². The first-order valence-electron chi connectivity index (χ1n) is 11.1. The maximum absolute atomic E-state index is 5.09. The fraction of sp³-hybridized carbons (Fsp3) is 0.0345. The van der Waals surface area contributed by atoms with Gasteiger partial charge in [0, 0.05) is 12.4 Å². The van der Waals surface area contributed by atoms with Crippen molar-refractivity contribution in [2.45, 2.75) is 5.41 Å². The Morgan fingerprint density at radius 1 is 0.500 bits per heavy atom. The van der Waals surface area contributed by atoms with E-state index in [-0.39, 0.29) is 6.71 Å². The van der Waals surface area contributed by atoms with Gasteiger partial charge in [-0.2, -0.15) is 0 Å². The Labute approximate surface area is 187 Å². The quantitative estimate of drug-likeness (QED) is 0.389. The number of rotatable bonds is 1. The molecule has 1 aliphatic carbocycles. The van der Waals surface area contributed by atoms with Gasteiger partial charge in [-0.05, 0) is 45.3 Å². The number of benzene rings is 3. The Hall–Kier alpha value is -3.98. The predicted octanol–water partition coefficient (Wildman–Crippen LogP) is 3.67. The van der Waals surface area contributed by atoms with Crippen LogP contribution in [0, 0.1) is 0 Å². The van der Waals surface area contributed by atoms with E-state index in [4.69, 9.17) is 9.97 Å². The van der Waals surface area contributed by atoms with Crippen LogP contribution < -0.4 is 16.4 Å². The summed E-state index contributed by atoms with van der Waals surface area (Å²) in [5, 5.41) is 0. The SMILES string of the molecule is c1ccc(B2c3cccnc3C3(c4ccccc4-c4ccccc43)c3ncccc32)cc1. The molecule has 2 aliphatic rings. The van der Waals surface area contributed by atoms with E-state index >= 15 is 0 Å². The van der Waals surface area contributed by atoms with Gasteiger partial charge in [0.2, 0.25) is 6.71 Å². The largest absolute Gasteiger partial charge is 0.260 e. The van der Waals surface area contributed by atoms with Crippen molar-refractivity contribution in [3.05, 3.63) is 138 Å². The molecule has 0 amide bonds. The van der Waals surface area contributed by atoms with Crippen LogP contribution in [0.4, 0.5) is 0 Å². The molecular formula is C29H19BN2. The minimum absolute atomic E-state index is 0.106. The van der Waals surface area contributed by atoms with Crippen molar-refractivity contribution in [1.29, 1.82) is 0 Å². The van der Waals surface area contributed by atoms with Gasteiger partial charge in [-0.1, -0.05) is 96.5 Å². The maximum Gasteiger partial charge on any atom is 0.246 e. The Balaban J connectivity index is 1.67. The summed E-state index contributed by atoms with van der Waals surface area (Å²) in [7, 11) is 0. The van der Waals surface area contributed by atoms with Crippen LogP contribution in [-0.2, 0) is 5.41 Å². The third kappa shape index (κ3) is 2.10. The molecule has 32 heavy (non-hydrogen) atoms. The average Bonchev–Trinajstić information content (AvgIpc) is 3.16. The van der Waals surface area contributed by atoms with E-state index in [0.29, 0.717) is 0 Å². The Kier molecular flexibility index (Phi) is 3.60. The Bertz CT molecular complexity index is 1400. The average molecular weight is 406 g/mol. The van der Waals surface area contributed by atoms with Crippen LogP contribution in [0.2, 0.25) is 0 Å². The second-order valence-corrected chi connectivity index (χ2v) is 8.57. The molecule has 1 aliphatic heterocycles. The zero-order valence-corrected chi connectivity index (χ0v) is 17.4. The first-order chi connectivity index (χ1) is 15.9. The summed E-state index contributed by atoms with van der Waals surface area (Å²) >= 11 is 0. The smallest absolute Gasteiger partial charge is 0.246 e. The summed E-state index contributed by atoms with van der Waals surface area (Å²) < 4.78 is 0. The van der Waals surface area contributed by atoms with Crippen molar-refractivity contribution >= 4 is 23.1 Å². The number of aromatic nitrogens is 2. The normalized spacial score (nSPS) is 14.4. The first-order valence-corrected chi connectivity index (χ1v) is 11.1. The van der Waals surface area contributed by atoms with Gasteiger partial charge in [0.05, 0.1) is 11.4 Å². The highest BCUT2D eigenvalue weighted by atomic mass is 14.8. The number of hydrogen-bond donors (Lipinski definition) is 0. The lowest BCUT2D eigenvalue weighted by Gasteiger charge is -2.40. The molecular weight excluding hydrogens is 387 g/mol. The minimum atomic E-state index is -0.508. The predicted molar refractivity (Wildman–Crippen MR) is 130 cm³/mol. The molecule has 3 aromatic carbocycles. The summed E-state index contributed by atoms with van der Waals surface area (Å²) in [5.74, 6) is 0. The summed E-state index contributed by atoms with van der Waals surface area (Å²) in [4.78, 5) is 10.2. The third-order valence-corrected chi connectivity index (χ3v) is 7.10. The van der Waals surface area contributed by atoms with Crippen LogP contribution in [0.1, 0.15) is 22.5 Å². The van der Waals surface area contributed by atoms with Crippen molar-refractivity contribution in [2.75, 3.05) is 0 Å². The molecule has 148 valence electrons. The molecule has 2 aromatic heterocycles. The molecule has 0 atom stereocenters. The van der Waals surface area contributed by atoms with Gasteiger partial charge in [-0.25, -0.2) is 0 Å². The van der Waals surface area contributed by atoms with Crippen molar-refractivity contribution in [1.82, 2.24) is 9.97 Å².